The number of aliphatic hydroxyl groups is 1. The van der Waals surface area contributed by atoms with Crippen LogP contribution in [0.4, 0.5) is 56.8 Å². The van der Waals surface area contributed by atoms with Gasteiger partial charge in [-0.2, -0.15) is 39.5 Å². The lowest BCUT2D eigenvalue weighted by molar-refractivity contribution is -0.255. The van der Waals surface area contributed by atoms with Crippen molar-refractivity contribution in [2.45, 2.75) is 31.1 Å². The van der Waals surface area contributed by atoms with Crippen LogP contribution in [0.2, 0.25) is 0 Å². The highest BCUT2D eigenvalue weighted by atomic mass is 19.4. The molecule has 4 rings (SSSR count). The topological polar surface area (TPSA) is 159 Å². The zero-order chi connectivity index (χ0) is 34.8. The normalized spacial score (nSPS) is 15.5. The van der Waals surface area contributed by atoms with Crippen LogP contribution in [0.15, 0.2) is 48.7 Å². The van der Waals surface area contributed by atoms with Gasteiger partial charge in [-0.3, -0.25) is 4.79 Å². The Balaban J connectivity index is 0.000000738. The standard InChI is InChI=1S/C25H24F6N6O2.C2HF3O2/c1-14-5-6-15(23(39,22(33)38)25(29,30)31)12-18(14)19-13-34-20(32)21(35-19)37-9-7-36(8-10-37)17-4-2-3-16(11-17)24(26,27)28;3-2(4,5)1(6)7/h2-6,11-13,39H,7-10H2,1H3,(H2,32,34)(H2,33,38);(H,6,7). The fourth-order valence-electron chi connectivity index (χ4n) is 4.38. The van der Waals surface area contributed by atoms with Crippen LogP contribution >= 0.6 is 0 Å². The molecule has 1 aliphatic heterocycles. The summed E-state index contributed by atoms with van der Waals surface area (Å²) in [6.45, 7) is 2.94. The van der Waals surface area contributed by atoms with E-state index in [0.717, 1.165) is 24.3 Å². The Morgan fingerprint density at radius 2 is 1.43 bits per heavy atom. The summed E-state index contributed by atoms with van der Waals surface area (Å²) in [6, 6.07) is 8.22. The van der Waals surface area contributed by atoms with Crippen molar-refractivity contribution in [1.82, 2.24) is 9.97 Å². The minimum atomic E-state index is -5.37. The minimum Gasteiger partial charge on any atom is -0.475 e. The number of anilines is 3. The number of carbonyl (C=O) groups excluding carboxylic acids is 1. The zero-order valence-electron chi connectivity index (χ0n) is 23.5. The summed E-state index contributed by atoms with van der Waals surface area (Å²) in [6.07, 6.45) is -13.7. The molecule has 1 atom stereocenters. The first-order valence-corrected chi connectivity index (χ1v) is 12.9. The van der Waals surface area contributed by atoms with E-state index in [4.69, 9.17) is 21.4 Å². The molecule has 6 N–H and O–H groups in total. The number of rotatable bonds is 5. The van der Waals surface area contributed by atoms with Gasteiger partial charge in [-0.05, 0) is 36.8 Å². The van der Waals surface area contributed by atoms with E-state index in [2.05, 4.69) is 9.97 Å². The van der Waals surface area contributed by atoms with E-state index >= 15 is 0 Å². The molecule has 46 heavy (non-hydrogen) atoms. The van der Waals surface area contributed by atoms with E-state index in [1.807, 2.05) is 0 Å². The second-order valence-corrected chi connectivity index (χ2v) is 9.89. The third-order valence-electron chi connectivity index (χ3n) is 6.84. The van der Waals surface area contributed by atoms with Crippen LogP contribution in [0, 0.1) is 6.92 Å². The highest BCUT2D eigenvalue weighted by Gasteiger charge is 2.60. The van der Waals surface area contributed by atoms with Gasteiger partial charge in [-0.1, -0.05) is 18.2 Å². The summed E-state index contributed by atoms with van der Waals surface area (Å²) in [5, 5.41) is 17.3. The first-order valence-electron chi connectivity index (χ1n) is 12.9. The van der Waals surface area contributed by atoms with Crippen molar-refractivity contribution in [1.29, 1.82) is 0 Å². The molecule has 250 valence electrons. The summed E-state index contributed by atoms with van der Waals surface area (Å²) >= 11 is 0. The summed E-state index contributed by atoms with van der Waals surface area (Å²) in [4.78, 5) is 32.7. The third-order valence-corrected chi connectivity index (χ3v) is 6.84. The third kappa shape index (κ3) is 7.69. The number of nitrogens with zero attached hydrogens (tertiary/aromatic N) is 4. The Labute approximate surface area is 254 Å². The van der Waals surface area contributed by atoms with Gasteiger partial charge in [-0.15, -0.1) is 0 Å². The van der Waals surface area contributed by atoms with Gasteiger partial charge in [0.1, 0.15) is 0 Å². The van der Waals surface area contributed by atoms with Crippen LogP contribution in [0.5, 0.6) is 0 Å². The van der Waals surface area contributed by atoms with Gasteiger partial charge in [0.05, 0.1) is 17.5 Å². The molecule has 0 saturated carbocycles. The van der Waals surface area contributed by atoms with Gasteiger partial charge >= 0.3 is 24.5 Å². The predicted octanol–water partition coefficient (Wildman–Crippen LogP) is 4.25. The number of carbonyl (C=O) groups is 2. The molecule has 1 unspecified atom stereocenters. The van der Waals surface area contributed by atoms with Crippen LogP contribution in [-0.4, -0.2) is 70.6 Å². The number of benzene rings is 2. The van der Waals surface area contributed by atoms with Crippen LogP contribution in [0.3, 0.4) is 0 Å². The van der Waals surface area contributed by atoms with Crippen molar-refractivity contribution < 1.29 is 59.3 Å². The second-order valence-electron chi connectivity index (χ2n) is 9.89. The lowest BCUT2D eigenvalue weighted by Gasteiger charge is -2.37. The number of piperazine rings is 1. The van der Waals surface area contributed by atoms with Crippen LogP contribution in [-0.2, 0) is 21.4 Å². The molecule has 0 bridgehead atoms. The van der Waals surface area contributed by atoms with E-state index in [-0.39, 0.29) is 22.9 Å². The van der Waals surface area contributed by atoms with Crippen LogP contribution in [0.1, 0.15) is 16.7 Å². The van der Waals surface area contributed by atoms with Crippen LogP contribution < -0.4 is 21.3 Å². The van der Waals surface area contributed by atoms with Gasteiger partial charge < -0.3 is 31.5 Å². The summed E-state index contributed by atoms with van der Waals surface area (Å²) in [5.74, 6) is -4.45. The van der Waals surface area contributed by atoms with E-state index in [1.54, 1.807) is 22.8 Å². The number of amides is 1. The van der Waals surface area contributed by atoms with Crippen molar-refractivity contribution in [3.8, 4) is 11.3 Å². The molecule has 0 aliphatic carbocycles. The Hall–Kier alpha value is -4.81. The largest absolute Gasteiger partial charge is 0.490 e. The fraction of sp³-hybridized carbons (Fsp3) is 0.333. The van der Waals surface area contributed by atoms with Crippen molar-refractivity contribution in [2.75, 3.05) is 41.7 Å². The lowest BCUT2D eigenvalue weighted by atomic mass is 9.89. The molecular formula is C27H25F9N6O4. The molecule has 2 heterocycles. The molecule has 2 aromatic carbocycles. The summed E-state index contributed by atoms with van der Waals surface area (Å²) in [5.41, 5.74) is 6.70. The number of nitrogen functional groups attached to an aromatic ring is 1. The molecule has 19 heteroatoms. The number of nitrogens with two attached hydrogens (primary N) is 2. The summed E-state index contributed by atoms with van der Waals surface area (Å²) in [7, 11) is 0. The molecule has 1 aromatic heterocycles. The maximum atomic E-state index is 13.6. The fourth-order valence-corrected chi connectivity index (χ4v) is 4.38. The number of alkyl halides is 9. The van der Waals surface area contributed by atoms with Gasteiger partial charge in [0.15, 0.2) is 11.6 Å². The molecule has 1 aliphatic rings. The highest BCUT2D eigenvalue weighted by Crippen LogP contribution is 2.41. The van der Waals surface area contributed by atoms with E-state index in [0.29, 0.717) is 37.4 Å². The quantitative estimate of drug-likeness (QED) is 0.292. The second kappa shape index (κ2) is 12.9. The highest BCUT2D eigenvalue weighted by molar-refractivity contribution is 5.86. The molecule has 0 radical (unpaired) electrons. The molecule has 3 aromatic rings. The molecule has 1 saturated heterocycles. The molecule has 0 spiro atoms. The first kappa shape index (κ1) is 35.7. The number of hydrogen-bond acceptors (Lipinski definition) is 8. The maximum Gasteiger partial charge on any atom is 0.490 e. The molecule has 1 amide bonds. The molecule has 10 nitrogen and oxygen atoms in total. The number of aliphatic carboxylic acids is 1. The number of halogens is 9. The van der Waals surface area contributed by atoms with Gasteiger partial charge in [0, 0.05) is 43.0 Å². The average Bonchev–Trinajstić information content (AvgIpc) is 2.96. The number of carboxylic acid groups (broad SMARTS) is 1. The maximum absolute atomic E-state index is 13.6. The Kier molecular flexibility index (Phi) is 10.00. The van der Waals surface area contributed by atoms with Gasteiger partial charge in [-0.25, -0.2) is 14.8 Å². The first-order chi connectivity index (χ1) is 21.1. The smallest absolute Gasteiger partial charge is 0.475 e. The number of primary amides is 1. The monoisotopic (exact) mass is 668 g/mol. The van der Waals surface area contributed by atoms with E-state index in [9.17, 15) is 49.4 Å². The van der Waals surface area contributed by atoms with E-state index in [1.165, 1.54) is 18.3 Å². The van der Waals surface area contributed by atoms with Crippen molar-refractivity contribution in [3.05, 3.63) is 65.4 Å². The summed E-state index contributed by atoms with van der Waals surface area (Å²) < 4.78 is 112. The minimum absolute atomic E-state index is 0.0454. The molecule has 1 fully saturated rings. The Morgan fingerprint density at radius 3 is 1.93 bits per heavy atom. The van der Waals surface area contributed by atoms with Crippen LogP contribution in [0.25, 0.3) is 11.3 Å². The van der Waals surface area contributed by atoms with Gasteiger partial charge in [0.25, 0.3) is 11.5 Å². The Morgan fingerprint density at radius 1 is 0.870 bits per heavy atom. The number of aromatic nitrogens is 2. The van der Waals surface area contributed by atoms with Crippen molar-refractivity contribution in [3.63, 3.8) is 0 Å². The zero-order valence-corrected chi connectivity index (χ0v) is 23.5. The van der Waals surface area contributed by atoms with E-state index < -0.39 is 47.1 Å². The Bertz CT molecular complexity index is 1590. The lowest BCUT2D eigenvalue weighted by Crippen LogP contribution is -2.52. The van der Waals surface area contributed by atoms with Crippen molar-refractivity contribution in [2.24, 2.45) is 5.73 Å². The molecular weight excluding hydrogens is 643 g/mol. The predicted molar refractivity (Wildman–Crippen MR) is 145 cm³/mol. The van der Waals surface area contributed by atoms with Crippen molar-refractivity contribution >= 4 is 29.2 Å². The number of carboxylic acids is 1. The average molecular weight is 669 g/mol. The SMILES string of the molecule is Cc1ccc(C(O)(C(N)=O)C(F)(F)F)cc1-c1cnc(N)c(N2CCN(c3cccc(C(F)(F)F)c3)CC2)n1.O=C(O)C(F)(F)F. The van der Waals surface area contributed by atoms with Gasteiger partial charge in [0.2, 0.25) is 0 Å². The number of aryl methyl sites for hydroxylation is 1. The number of hydrogen-bond donors (Lipinski definition) is 4.